The Balaban J connectivity index is 2.21. The summed E-state index contributed by atoms with van der Waals surface area (Å²) < 4.78 is 5.85. The standard InChI is InChI=1S/C13H18O2/c1-13(2,14)11-8-3-4-9-12(11)15-10-6-5-7-10/h3-4,8-10,14H,5-7H2,1-2H3. The molecule has 0 saturated heterocycles. The first kappa shape index (κ1) is 10.5. The molecule has 0 spiro atoms. The Hall–Kier alpha value is -1.02. The van der Waals surface area contributed by atoms with Crippen LogP contribution < -0.4 is 4.74 Å². The molecule has 1 aliphatic rings. The van der Waals surface area contributed by atoms with Gasteiger partial charge in [-0.3, -0.25) is 0 Å². The molecule has 15 heavy (non-hydrogen) atoms. The van der Waals surface area contributed by atoms with Crippen molar-refractivity contribution >= 4 is 0 Å². The molecule has 0 amide bonds. The maximum atomic E-state index is 9.99. The molecule has 0 aromatic heterocycles. The van der Waals surface area contributed by atoms with Gasteiger partial charge in [0, 0.05) is 5.56 Å². The summed E-state index contributed by atoms with van der Waals surface area (Å²) in [4.78, 5) is 0. The zero-order valence-electron chi connectivity index (χ0n) is 9.36. The third kappa shape index (κ3) is 2.32. The molecule has 2 heteroatoms. The molecule has 82 valence electrons. The number of ether oxygens (including phenoxy) is 1. The van der Waals surface area contributed by atoms with Gasteiger partial charge in [-0.05, 0) is 39.2 Å². The van der Waals surface area contributed by atoms with Gasteiger partial charge < -0.3 is 9.84 Å². The fourth-order valence-corrected chi connectivity index (χ4v) is 1.74. The summed E-state index contributed by atoms with van der Waals surface area (Å²) >= 11 is 0. The van der Waals surface area contributed by atoms with E-state index in [1.54, 1.807) is 13.8 Å². The van der Waals surface area contributed by atoms with Gasteiger partial charge >= 0.3 is 0 Å². The lowest BCUT2D eigenvalue weighted by molar-refractivity contribution is 0.0655. The molecule has 1 aliphatic carbocycles. The molecule has 0 heterocycles. The Morgan fingerprint density at radius 3 is 2.47 bits per heavy atom. The van der Waals surface area contributed by atoms with Crippen LogP contribution >= 0.6 is 0 Å². The van der Waals surface area contributed by atoms with E-state index in [-0.39, 0.29) is 0 Å². The Morgan fingerprint density at radius 1 is 1.27 bits per heavy atom. The van der Waals surface area contributed by atoms with E-state index >= 15 is 0 Å². The summed E-state index contributed by atoms with van der Waals surface area (Å²) in [5.74, 6) is 0.828. The first-order valence-corrected chi connectivity index (χ1v) is 5.56. The molecule has 0 bridgehead atoms. The zero-order chi connectivity index (χ0) is 10.9. The van der Waals surface area contributed by atoms with Crippen molar-refractivity contribution in [3.63, 3.8) is 0 Å². The lowest BCUT2D eigenvalue weighted by atomic mass is 9.94. The highest BCUT2D eigenvalue weighted by Crippen LogP contribution is 2.32. The van der Waals surface area contributed by atoms with E-state index in [4.69, 9.17) is 4.74 Å². The van der Waals surface area contributed by atoms with Gasteiger partial charge in [0.05, 0.1) is 11.7 Å². The number of benzene rings is 1. The van der Waals surface area contributed by atoms with Crippen molar-refractivity contribution in [1.82, 2.24) is 0 Å². The molecule has 1 aromatic carbocycles. The Labute approximate surface area is 90.9 Å². The summed E-state index contributed by atoms with van der Waals surface area (Å²) in [6, 6.07) is 7.74. The average Bonchev–Trinajstić information content (AvgIpc) is 2.10. The summed E-state index contributed by atoms with van der Waals surface area (Å²) in [6.45, 7) is 3.58. The van der Waals surface area contributed by atoms with Gasteiger partial charge in [-0.25, -0.2) is 0 Å². The fraction of sp³-hybridized carbons (Fsp3) is 0.538. The molecule has 0 radical (unpaired) electrons. The highest BCUT2D eigenvalue weighted by atomic mass is 16.5. The quantitative estimate of drug-likeness (QED) is 0.824. The van der Waals surface area contributed by atoms with Gasteiger partial charge in [0.2, 0.25) is 0 Å². The second-order valence-corrected chi connectivity index (χ2v) is 4.73. The Bertz CT molecular complexity index is 335. The van der Waals surface area contributed by atoms with E-state index in [0.29, 0.717) is 6.10 Å². The molecular weight excluding hydrogens is 188 g/mol. The maximum Gasteiger partial charge on any atom is 0.125 e. The van der Waals surface area contributed by atoms with Crippen molar-refractivity contribution in [2.45, 2.75) is 44.8 Å². The third-order valence-corrected chi connectivity index (χ3v) is 2.89. The van der Waals surface area contributed by atoms with E-state index in [1.165, 1.54) is 6.42 Å². The minimum Gasteiger partial charge on any atom is -0.490 e. The van der Waals surface area contributed by atoms with Gasteiger partial charge in [0.15, 0.2) is 0 Å². The molecule has 1 aromatic rings. The predicted octanol–water partition coefficient (Wildman–Crippen LogP) is 2.85. The van der Waals surface area contributed by atoms with Gasteiger partial charge in [-0.2, -0.15) is 0 Å². The van der Waals surface area contributed by atoms with Crippen molar-refractivity contribution in [3.05, 3.63) is 29.8 Å². The molecule has 2 nitrogen and oxygen atoms in total. The maximum absolute atomic E-state index is 9.99. The molecule has 1 fully saturated rings. The second-order valence-electron chi connectivity index (χ2n) is 4.73. The van der Waals surface area contributed by atoms with Crippen molar-refractivity contribution < 1.29 is 9.84 Å². The Morgan fingerprint density at radius 2 is 1.93 bits per heavy atom. The molecule has 1 N–H and O–H groups in total. The van der Waals surface area contributed by atoms with Crippen LogP contribution in [0.1, 0.15) is 38.7 Å². The fourth-order valence-electron chi connectivity index (χ4n) is 1.74. The second kappa shape index (κ2) is 3.86. The van der Waals surface area contributed by atoms with Crippen LogP contribution in [0, 0.1) is 0 Å². The smallest absolute Gasteiger partial charge is 0.125 e. The molecule has 0 aliphatic heterocycles. The summed E-state index contributed by atoms with van der Waals surface area (Å²) in [5.41, 5.74) is 0.0391. The minimum absolute atomic E-state index is 0.355. The van der Waals surface area contributed by atoms with Gasteiger partial charge in [0.25, 0.3) is 0 Å². The van der Waals surface area contributed by atoms with E-state index in [9.17, 15) is 5.11 Å². The number of hydrogen-bond acceptors (Lipinski definition) is 2. The van der Waals surface area contributed by atoms with E-state index in [2.05, 4.69) is 0 Å². The average molecular weight is 206 g/mol. The lowest BCUT2D eigenvalue weighted by Crippen LogP contribution is -2.26. The highest BCUT2D eigenvalue weighted by Gasteiger charge is 2.24. The van der Waals surface area contributed by atoms with Crippen LogP contribution in [0.5, 0.6) is 5.75 Å². The van der Waals surface area contributed by atoms with Crippen LogP contribution in [-0.4, -0.2) is 11.2 Å². The van der Waals surface area contributed by atoms with Crippen LogP contribution in [0.15, 0.2) is 24.3 Å². The lowest BCUT2D eigenvalue weighted by Gasteiger charge is -2.29. The van der Waals surface area contributed by atoms with Crippen LogP contribution in [-0.2, 0) is 5.60 Å². The van der Waals surface area contributed by atoms with Gasteiger partial charge in [0.1, 0.15) is 5.75 Å². The third-order valence-electron chi connectivity index (χ3n) is 2.89. The van der Waals surface area contributed by atoms with E-state index in [1.807, 2.05) is 24.3 Å². The topological polar surface area (TPSA) is 29.5 Å². The highest BCUT2D eigenvalue weighted by molar-refractivity contribution is 5.37. The van der Waals surface area contributed by atoms with Gasteiger partial charge in [-0.15, -0.1) is 0 Å². The number of aliphatic hydroxyl groups is 1. The summed E-state index contributed by atoms with van der Waals surface area (Å²) in [5, 5.41) is 9.99. The van der Waals surface area contributed by atoms with Crippen molar-refractivity contribution in [3.8, 4) is 5.75 Å². The van der Waals surface area contributed by atoms with Crippen LogP contribution in [0.3, 0.4) is 0 Å². The molecular formula is C13H18O2. The molecule has 1 saturated carbocycles. The first-order chi connectivity index (χ1) is 7.07. The predicted molar refractivity (Wildman–Crippen MR) is 60.0 cm³/mol. The molecule has 0 unspecified atom stereocenters. The van der Waals surface area contributed by atoms with E-state index in [0.717, 1.165) is 24.2 Å². The van der Waals surface area contributed by atoms with Crippen molar-refractivity contribution in [2.75, 3.05) is 0 Å². The van der Waals surface area contributed by atoms with Gasteiger partial charge in [-0.1, -0.05) is 18.2 Å². The van der Waals surface area contributed by atoms with Crippen LogP contribution in [0.25, 0.3) is 0 Å². The molecule has 2 rings (SSSR count). The van der Waals surface area contributed by atoms with Crippen LogP contribution in [0.4, 0.5) is 0 Å². The summed E-state index contributed by atoms with van der Waals surface area (Å²) in [6.07, 6.45) is 3.89. The van der Waals surface area contributed by atoms with E-state index < -0.39 is 5.60 Å². The normalized spacial score (nSPS) is 17.3. The SMILES string of the molecule is CC(C)(O)c1ccccc1OC1CCC1. The minimum atomic E-state index is -0.833. The van der Waals surface area contributed by atoms with Crippen LogP contribution in [0.2, 0.25) is 0 Å². The Kier molecular flexibility index (Phi) is 2.70. The first-order valence-electron chi connectivity index (χ1n) is 5.56. The number of hydrogen-bond donors (Lipinski definition) is 1. The largest absolute Gasteiger partial charge is 0.490 e. The summed E-state index contributed by atoms with van der Waals surface area (Å²) in [7, 11) is 0. The van der Waals surface area contributed by atoms with Crippen molar-refractivity contribution in [1.29, 1.82) is 0 Å². The number of rotatable bonds is 3. The van der Waals surface area contributed by atoms with Crippen molar-refractivity contribution in [2.24, 2.45) is 0 Å². The number of para-hydroxylation sites is 1. The monoisotopic (exact) mass is 206 g/mol. The zero-order valence-corrected chi connectivity index (χ0v) is 9.36. The molecule has 0 atom stereocenters.